The van der Waals surface area contributed by atoms with Crippen molar-refractivity contribution in [1.29, 1.82) is 0 Å². The molecule has 0 fully saturated rings. The van der Waals surface area contributed by atoms with Crippen LogP contribution in [0.2, 0.25) is 5.82 Å². The molecule has 0 aromatic heterocycles. The first-order valence-corrected chi connectivity index (χ1v) is 6.35. The van der Waals surface area contributed by atoms with Crippen molar-refractivity contribution in [3.05, 3.63) is 35.9 Å². The van der Waals surface area contributed by atoms with Gasteiger partial charge >= 0.3 is 83.1 Å². The zero-order chi connectivity index (χ0) is 9.68. The molecule has 0 heterocycles. The van der Waals surface area contributed by atoms with Crippen LogP contribution in [0.5, 0.6) is 0 Å². The summed E-state index contributed by atoms with van der Waals surface area (Å²) >= 11 is 0.402. The Kier molecular flexibility index (Phi) is 3.74. The summed E-state index contributed by atoms with van der Waals surface area (Å²) in [6.45, 7) is 0. The van der Waals surface area contributed by atoms with Crippen LogP contribution in [0.4, 0.5) is 0 Å². The molecule has 1 N–H and O–H groups in total. The summed E-state index contributed by atoms with van der Waals surface area (Å²) in [5, 5.41) is 8.46. The van der Waals surface area contributed by atoms with Gasteiger partial charge in [0.05, 0.1) is 0 Å². The Morgan fingerprint density at radius 2 is 2.15 bits per heavy atom. The van der Waals surface area contributed by atoms with E-state index >= 15 is 0 Å². The monoisotopic (exact) mass is 242 g/mol. The van der Waals surface area contributed by atoms with Crippen molar-refractivity contribution in [1.82, 2.24) is 0 Å². The summed E-state index contributed by atoms with van der Waals surface area (Å²) in [4.78, 5) is 10.3. The molecule has 0 saturated heterocycles. The molecule has 0 atom stereocenters. The van der Waals surface area contributed by atoms with Gasteiger partial charge in [-0.15, -0.1) is 0 Å². The Labute approximate surface area is 83.4 Å². The molecule has 1 rings (SSSR count). The first-order chi connectivity index (χ1) is 6.24. The van der Waals surface area contributed by atoms with E-state index in [1.165, 1.54) is 10.5 Å². The van der Waals surface area contributed by atoms with Gasteiger partial charge in [-0.25, -0.2) is 0 Å². The normalized spacial score (nSPS) is 10.5. The third kappa shape index (κ3) is 3.05. The van der Waals surface area contributed by atoms with Gasteiger partial charge in [0.2, 0.25) is 0 Å². The van der Waals surface area contributed by atoms with Gasteiger partial charge in [0.25, 0.3) is 0 Å². The summed E-state index contributed by atoms with van der Waals surface area (Å²) in [5.74, 6) is 1.21. The summed E-state index contributed by atoms with van der Waals surface area (Å²) < 4.78 is 1.23. The predicted octanol–water partition coefficient (Wildman–Crippen LogP) is 1.16. The third-order valence-electron chi connectivity index (χ3n) is 1.54. The van der Waals surface area contributed by atoms with E-state index in [9.17, 15) is 4.79 Å². The molecule has 3 heteroatoms. The van der Waals surface area contributed by atoms with Gasteiger partial charge in [-0.05, 0) is 0 Å². The van der Waals surface area contributed by atoms with Crippen molar-refractivity contribution in [2.24, 2.45) is 0 Å². The van der Waals surface area contributed by atoms with E-state index in [2.05, 4.69) is 5.82 Å². The molecule has 0 radical (unpaired) electrons. The predicted molar refractivity (Wildman–Crippen MR) is 54.4 cm³/mol. The molecule has 0 spiro atoms. The number of benzene rings is 1. The number of carboxylic acid groups (broad SMARTS) is 1. The Hall–Kier alpha value is -1.05. The molecule has 1 aromatic carbocycles. The molecule has 0 unspecified atom stereocenters. The van der Waals surface area contributed by atoms with E-state index in [4.69, 9.17) is 5.11 Å². The van der Waals surface area contributed by atoms with E-state index < -0.39 is 5.97 Å². The standard InChI is InChI=1S/C10H10O2Se/c1-13-9-5-3-2-4-8(9)6-7-10(11)12/h2-7H,1H3,(H,11,12)/b7-6+. The number of hydrogen-bond acceptors (Lipinski definition) is 1. The average Bonchev–Trinajstić information content (AvgIpc) is 2.15. The molecule has 0 saturated carbocycles. The second-order valence-corrected chi connectivity index (χ2v) is 4.19. The molecule has 68 valence electrons. The van der Waals surface area contributed by atoms with Crippen molar-refractivity contribution < 1.29 is 9.90 Å². The number of aliphatic carboxylic acids is 1. The van der Waals surface area contributed by atoms with Gasteiger partial charge in [0.1, 0.15) is 0 Å². The fourth-order valence-electron chi connectivity index (χ4n) is 0.965. The Morgan fingerprint density at radius 3 is 2.77 bits per heavy atom. The van der Waals surface area contributed by atoms with Crippen LogP contribution in [0.15, 0.2) is 30.3 Å². The zero-order valence-corrected chi connectivity index (χ0v) is 8.94. The molecule has 0 bridgehead atoms. The van der Waals surface area contributed by atoms with Gasteiger partial charge < -0.3 is 0 Å². The van der Waals surface area contributed by atoms with Crippen LogP contribution in [0.1, 0.15) is 5.56 Å². The van der Waals surface area contributed by atoms with Crippen molar-refractivity contribution in [3.8, 4) is 0 Å². The second-order valence-electron chi connectivity index (χ2n) is 2.41. The second kappa shape index (κ2) is 4.85. The maximum atomic E-state index is 10.3. The molecule has 0 aliphatic rings. The summed E-state index contributed by atoms with van der Waals surface area (Å²) in [5.41, 5.74) is 1.01. The Bertz CT molecular complexity index is 331. The Balaban J connectivity index is 2.93. The quantitative estimate of drug-likeness (QED) is 0.637. The van der Waals surface area contributed by atoms with E-state index in [1.54, 1.807) is 6.08 Å². The first-order valence-electron chi connectivity index (χ1n) is 3.78. The van der Waals surface area contributed by atoms with Crippen LogP contribution < -0.4 is 4.46 Å². The van der Waals surface area contributed by atoms with E-state index in [0.717, 1.165) is 5.56 Å². The fourth-order valence-corrected chi connectivity index (χ4v) is 2.20. The number of rotatable bonds is 3. The van der Waals surface area contributed by atoms with Gasteiger partial charge in [-0.2, -0.15) is 0 Å². The van der Waals surface area contributed by atoms with Gasteiger partial charge in [0, 0.05) is 0 Å². The van der Waals surface area contributed by atoms with Crippen LogP contribution >= 0.6 is 0 Å². The fraction of sp³-hybridized carbons (Fsp3) is 0.100. The van der Waals surface area contributed by atoms with Gasteiger partial charge in [0.15, 0.2) is 0 Å². The Morgan fingerprint density at radius 1 is 1.46 bits per heavy atom. The van der Waals surface area contributed by atoms with Crippen molar-refractivity contribution in [3.63, 3.8) is 0 Å². The molecule has 2 nitrogen and oxygen atoms in total. The minimum atomic E-state index is -0.904. The molecule has 0 aliphatic heterocycles. The van der Waals surface area contributed by atoms with Gasteiger partial charge in [-0.3, -0.25) is 0 Å². The van der Waals surface area contributed by atoms with E-state index in [0.29, 0.717) is 15.0 Å². The summed E-state index contributed by atoms with van der Waals surface area (Å²) in [6.07, 6.45) is 2.81. The minimum absolute atomic E-state index is 0.402. The topological polar surface area (TPSA) is 37.3 Å². The number of hydrogen-bond donors (Lipinski definition) is 1. The third-order valence-corrected chi connectivity index (χ3v) is 3.25. The first kappa shape index (κ1) is 10.0. The molecule has 1 aromatic rings. The van der Waals surface area contributed by atoms with E-state index in [-0.39, 0.29) is 0 Å². The summed E-state index contributed by atoms with van der Waals surface area (Å²) in [6, 6.07) is 7.84. The average molecular weight is 241 g/mol. The number of carboxylic acids is 1. The van der Waals surface area contributed by atoms with Crippen molar-refractivity contribution in [2.75, 3.05) is 0 Å². The van der Waals surface area contributed by atoms with Crippen LogP contribution in [-0.4, -0.2) is 26.0 Å². The summed E-state index contributed by atoms with van der Waals surface area (Å²) in [7, 11) is 0. The molecular weight excluding hydrogens is 231 g/mol. The number of carbonyl (C=O) groups is 1. The molecule has 0 aliphatic carbocycles. The van der Waals surface area contributed by atoms with Crippen molar-refractivity contribution >= 4 is 31.5 Å². The van der Waals surface area contributed by atoms with Crippen molar-refractivity contribution in [2.45, 2.75) is 5.82 Å². The van der Waals surface area contributed by atoms with Crippen LogP contribution in [0, 0.1) is 0 Å². The van der Waals surface area contributed by atoms with Gasteiger partial charge in [-0.1, -0.05) is 0 Å². The molecular formula is C10H10O2Se. The van der Waals surface area contributed by atoms with Crippen LogP contribution in [0.25, 0.3) is 6.08 Å². The molecule has 13 heavy (non-hydrogen) atoms. The maximum absolute atomic E-state index is 10.3. The molecule has 0 amide bonds. The van der Waals surface area contributed by atoms with Crippen LogP contribution in [0.3, 0.4) is 0 Å². The van der Waals surface area contributed by atoms with E-state index in [1.807, 2.05) is 24.3 Å². The zero-order valence-electron chi connectivity index (χ0n) is 7.23. The van der Waals surface area contributed by atoms with Crippen LogP contribution in [-0.2, 0) is 4.79 Å². The SMILES string of the molecule is C[Se]c1ccccc1/C=C/C(=O)O.